The molecular weight excluding hydrogens is 457 g/mol. The smallest absolute Gasteiger partial charge is 0.224 e. The lowest BCUT2D eigenvalue weighted by Crippen LogP contribution is -2.37. The maximum absolute atomic E-state index is 13.7. The molecular formula is C26H21Cl2N3O2. The van der Waals surface area contributed by atoms with Gasteiger partial charge in [-0.25, -0.2) is 0 Å². The Hall–Kier alpha value is -3.15. The molecule has 7 heteroatoms. The third kappa shape index (κ3) is 3.92. The molecule has 0 bridgehead atoms. The number of carbonyl (C=O) groups excluding carboxylic acids is 2. The summed E-state index contributed by atoms with van der Waals surface area (Å²) in [7, 11) is 0. The fourth-order valence-corrected chi connectivity index (χ4v) is 5.10. The van der Waals surface area contributed by atoms with Gasteiger partial charge in [-0.2, -0.15) is 0 Å². The largest absolute Gasteiger partial charge is 0.357 e. The van der Waals surface area contributed by atoms with Gasteiger partial charge >= 0.3 is 0 Å². The van der Waals surface area contributed by atoms with E-state index < -0.39 is 6.04 Å². The van der Waals surface area contributed by atoms with Crippen LogP contribution in [0.2, 0.25) is 10.0 Å². The normalized spacial score (nSPS) is 20.0. The number of amides is 1. The highest BCUT2D eigenvalue weighted by Crippen LogP contribution is 2.47. The molecule has 1 N–H and O–H groups in total. The van der Waals surface area contributed by atoms with Crippen LogP contribution in [0.4, 0.5) is 11.4 Å². The number of ketones is 1. The number of halogens is 2. The number of allylic oxidation sites excluding steroid dienone is 1. The van der Waals surface area contributed by atoms with Crippen LogP contribution < -0.4 is 10.2 Å². The summed E-state index contributed by atoms with van der Waals surface area (Å²) in [5, 5.41) is 4.44. The van der Waals surface area contributed by atoms with Crippen LogP contribution >= 0.6 is 23.2 Å². The first-order valence-electron chi connectivity index (χ1n) is 10.7. The molecule has 1 aliphatic carbocycles. The van der Waals surface area contributed by atoms with Gasteiger partial charge in [0, 0.05) is 37.0 Å². The highest BCUT2D eigenvalue weighted by molar-refractivity contribution is 6.42. The maximum Gasteiger partial charge on any atom is 0.224 e. The minimum Gasteiger partial charge on any atom is -0.357 e. The zero-order chi connectivity index (χ0) is 23.1. The van der Waals surface area contributed by atoms with E-state index in [1.54, 1.807) is 23.4 Å². The molecule has 0 fully saturated rings. The molecule has 2 atom stereocenters. The Morgan fingerprint density at radius 3 is 2.58 bits per heavy atom. The number of rotatable bonds is 2. The number of aromatic nitrogens is 1. The zero-order valence-electron chi connectivity index (χ0n) is 17.9. The molecule has 166 valence electrons. The first-order valence-corrected chi connectivity index (χ1v) is 11.5. The number of carbonyl (C=O) groups is 2. The van der Waals surface area contributed by atoms with Crippen LogP contribution in [0.15, 0.2) is 78.3 Å². The topological polar surface area (TPSA) is 62.3 Å². The zero-order valence-corrected chi connectivity index (χ0v) is 19.4. The van der Waals surface area contributed by atoms with Gasteiger partial charge in [-0.15, -0.1) is 0 Å². The number of pyridine rings is 1. The quantitative estimate of drug-likeness (QED) is 0.469. The summed E-state index contributed by atoms with van der Waals surface area (Å²) in [5.74, 6) is -0.205. The minimum atomic E-state index is -0.565. The molecule has 0 saturated heterocycles. The van der Waals surface area contributed by atoms with Gasteiger partial charge in [-0.05, 0) is 53.8 Å². The van der Waals surface area contributed by atoms with Crippen LogP contribution in [0.25, 0.3) is 0 Å². The minimum absolute atomic E-state index is 0.00673. The van der Waals surface area contributed by atoms with E-state index in [1.807, 2.05) is 48.5 Å². The predicted molar refractivity (Wildman–Crippen MR) is 131 cm³/mol. The standard InChI is InChI=1S/C26H21Cl2N3O2/c1-15(32)31-23-7-3-2-6-21(23)30-22-12-18(16-8-9-19(27)20(28)11-16)13-24(33)25(22)26(31)17-5-4-10-29-14-17/h2-11,14,18,26,30H,12-13H2,1H3/t18-,26-/m0/s1. The molecule has 1 aliphatic heterocycles. The van der Waals surface area contributed by atoms with E-state index in [9.17, 15) is 9.59 Å². The van der Waals surface area contributed by atoms with Crippen molar-refractivity contribution in [3.05, 3.63) is 99.4 Å². The predicted octanol–water partition coefficient (Wildman–Crippen LogP) is 6.31. The molecule has 1 aromatic heterocycles. The second kappa shape index (κ2) is 8.65. The highest BCUT2D eigenvalue weighted by atomic mass is 35.5. The third-order valence-electron chi connectivity index (χ3n) is 6.24. The number of Topliss-reactive ketones (excluding diaryl/α,β-unsaturated/α-hetero) is 1. The van der Waals surface area contributed by atoms with Crippen molar-refractivity contribution in [1.29, 1.82) is 0 Å². The Bertz CT molecular complexity index is 1290. The first kappa shape index (κ1) is 21.7. The molecule has 2 heterocycles. The molecule has 5 rings (SSSR count). The number of hydrogen-bond donors (Lipinski definition) is 1. The lowest BCUT2D eigenvalue weighted by Gasteiger charge is -2.34. The van der Waals surface area contributed by atoms with Crippen LogP contribution in [0.3, 0.4) is 0 Å². The molecule has 3 aromatic rings. The average molecular weight is 478 g/mol. The summed E-state index contributed by atoms with van der Waals surface area (Å²) >= 11 is 12.4. The molecule has 0 radical (unpaired) electrons. The van der Waals surface area contributed by atoms with Crippen molar-refractivity contribution in [3.63, 3.8) is 0 Å². The molecule has 2 aromatic carbocycles. The Labute approximate surface area is 202 Å². The number of hydrogen-bond acceptors (Lipinski definition) is 4. The molecule has 5 nitrogen and oxygen atoms in total. The summed E-state index contributed by atoms with van der Waals surface area (Å²) < 4.78 is 0. The summed E-state index contributed by atoms with van der Waals surface area (Å²) in [5.41, 5.74) is 4.68. The SMILES string of the molecule is CC(=O)N1c2ccccc2NC2=C(C(=O)C[C@@H](c3ccc(Cl)c(Cl)c3)C2)[C@@H]1c1cccnc1. The van der Waals surface area contributed by atoms with Crippen molar-refractivity contribution < 1.29 is 9.59 Å². The Morgan fingerprint density at radius 1 is 1.03 bits per heavy atom. The second-order valence-electron chi connectivity index (χ2n) is 8.31. The number of para-hydroxylation sites is 2. The maximum atomic E-state index is 13.7. The summed E-state index contributed by atoms with van der Waals surface area (Å²) in [6.07, 6.45) is 4.33. The summed E-state index contributed by atoms with van der Waals surface area (Å²) in [4.78, 5) is 32.6. The van der Waals surface area contributed by atoms with Gasteiger partial charge in [0.05, 0.1) is 27.5 Å². The van der Waals surface area contributed by atoms with E-state index in [0.717, 1.165) is 28.2 Å². The number of nitrogens with one attached hydrogen (secondary N) is 1. The third-order valence-corrected chi connectivity index (χ3v) is 6.98. The van der Waals surface area contributed by atoms with Crippen LogP contribution in [0, 0.1) is 0 Å². The average Bonchev–Trinajstić information content (AvgIpc) is 2.96. The number of fused-ring (bicyclic) bond motifs is 1. The van der Waals surface area contributed by atoms with Crippen molar-refractivity contribution >= 4 is 46.3 Å². The van der Waals surface area contributed by atoms with Crippen LogP contribution in [-0.4, -0.2) is 16.7 Å². The van der Waals surface area contributed by atoms with Crippen molar-refractivity contribution in [2.75, 3.05) is 10.2 Å². The van der Waals surface area contributed by atoms with E-state index in [-0.39, 0.29) is 17.6 Å². The van der Waals surface area contributed by atoms with Gasteiger partial charge < -0.3 is 5.32 Å². The summed E-state index contributed by atoms with van der Waals surface area (Å²) in [6.45, 7) is 1.53. The molecule has 0 spiro atoms. The Balaban J connectivity index is 1.68. The van der Waals surface area contributed by atoms with Gasteiger partial charge in [0.1, 0.15) is 0 Å². The van der Waals surface area contributed by atoms with Gasteiger partial charge in [0.2, 0.25) is 5.91 Å². The fourth-order valence-electron chi connectivity index (χ4n) is 4.79. The van der Waals surface area contributed by atoms with E-state index in [4.69, 9.17) is 23.2 Å². The van der Waals surface area contributed by atoms with Gasteiger partial charge in [-0.1, -0.05) is 47.5 Å². The molecule has 33 heavy (non-hydrogen) atoms. The molecule has 0 saturated carbocycles. The van der Waals surface area contributed by atoms with E-state index in [0.29, 0.717) is 28.5 Å². The Kier molecular flexibility index (Phi) is 5.69. The van der Waals surface area contributed by atoms with Gasteiger partial charge in [-0.3, -0.25) is 19.5 Å². The molecule has 2 aliphatic rings. The van der Waals surface area contributed by atoms with Crippen molar-refractivity contribution in [1.82, 2.24) is 4.98 Å². The van der Waals surface area contributed by atoms with Gasteiger partial charge in [0.25, 0.3) is 0 Å². The lowest BCUT2D eigenvalue weighted by molar-refractivity contribution is -0.117. The molecule has 0 unspecified atom stereocenters. The summed E-state index contributed by atoms with van der Waals surface area (Å²) in [6, 6.07) is 16.3. The number of nitrogens with zero attached hydrogens (tertiary/aromatic N) is 2. The molecule has 1 amide bonds. The second-order valence-corrected chi connectivity index (χ2v) is 9.13. The monoisotopic (exact) mass is 477 g/mol. The van der Waals surface area contributed by atoms with Gasteiger partial charge in [0.15, 0.2) is 5.78 Å². The fraction of sp³-hybridized carbons (Fsp3) is 0.192. The first-order chi connectivity index (χ1) is 15.9. The van der Waals surface area contributed by atoms with Crippen molar-refractivity contribution in [2.45, 2.75) is 31.7 Å². The van der Waals surface area contributed by atoms with E-state index in [2.05, 4.69) is 10.3 Å². The van der Waals surface area contributed by atoms with Crippen LogP contribution in [-0.2, 0) is 9.59 Å². The van der Waals surface area contributed by atoms with Crippen molar-refractivity contribution in [2.24, 2.45) is 0 Å². The number of anilines is 2. The highest BCUT2D eigenvalue weighted by Gasteiger charge is 2.40. The van der Waals surface area contributed by atoms with Crippen LogP contribution in [0.1, 0.15) is 42.9 Å². The van der Waals surface area contributed by atoms with E-state index >= 15 is 0 Å². The van der Waals surface area contributed by atoms with Crippen molar-refractivity contribution in [3.8, 4) is 0 Å². The lowest BCUT2D eigenvalue weighted by atomic mass is 9.78. The Morgan fingerprint density at radius 2 is 1.85 bits per heavy atom. The van der Waals surface area contributed by atoms with Crippen LogP contribution in [0.5, 0.6) is 0 Å². The number of benzene rings is 2. The van der Waals surface area contributed by atoms with E-state index in [1.165, 1.54) is 6.92 Å².